The second kappa shape index (κ2) is 8.45. The Morgan fingerprint density at radius 3 is 2.41 bits per heavy atom. The molecular formula is C21H17ClN6O. The molecule has 3 N–H and O–H groups in total. The zero-order valence-electron chi connectivity index (χ0n) is 15.2. The normalized spacial score (nSPS) is 10.4. The molecule has 0 radical (unpaired) electrons. The fourth-order valence-corrected chi connectivity index (χ4v) is 2.98. The third kappa shape index (κ3) is 4.20. The molecule has 0 aliphatic carbocycles. The predicted molar refractivity (Wildman–Crippen MR) is 113 cm³/mol. The fraction of sp³-hybridized carbons (Fsp3) is 0. The third-order valence-electron chi connectivity index (χ3n) is 4.16. The number of H-pyrrole nitrogens is 2. The highest BCUT2D eigenvalue weighted by Crippen LogP contribution is 2.19. The Morgan fingerprint density at radius 1 is 0.793 bits per heavy atom. The molecule has 8 heteroatoms. The smallest absolute Gasteiger partial charge is 0.175 e. The molecule has 0 fully saturated rings. The van der Waals surface area contributed by atoms with E-state index in [0.717, 1.165) is 37.4 Å². The number of aromatic nitrogens is 6. The minimum Gasteiger partial charge on any atom is -0.427 e. The van der Waals surface area contributed by atoms with Gasteiger partial charge in [-0.15, -0.1) is 0 Å². The first-order chi connectivity index (χ1) is 14.2. The Labute approximate surface area is 171 Å². The van der Waals surface area contributed by atoms with Gasteiger partial charge in [-0.3, -0.25) is 0 Å². The van der Waals surface area contributed by atoms with Crippen molar-refractivity contribution in [3.63, 3.8) is 0 Å². The molecule has 0 spiro atoms. The van der Waals surface area contributed by atoms with E-state index >= 15 is 0 Å². The van der Waals surface area contributed by atoms with Gasteiger partial charge in [0.2, 0.25) is 0 Å². The number of nitrogens with zero attached hydrogens (tertiary/aromatic N) is 4. The number of hydrogen-bond donors (Lipinski definition) is 3. The van der Waals surface area contributed by atoms with Crippen molar-refractivity contribution >= 4 is 33.7 Å². The lowest BCUT2D eigenvalue weighted by Gasteiger charge is -2.00. The molecule has 0 saturated carbocycles. The van der Waals surface area contributed by atoms with Crippen LogP contribution < -0.4 is 0 Å². The molecule has 0 atom stereocenters. The largest absolute Gasteiger partial charge is 0.427 e. The van der Waals surface area contributed by atoms with Gasteiger partial charge in [-0.05, 0) is 48.5 Å². The van der Waals surface area contributed by atoms with Gasteiger partial charge in [-0.25, -0.2) is 15.0 Å². The maximum absolute atomic E-state index is 9.11. The van der Waals surface area contributed by atoms with Crippen LogP contribution in [0.4, 0.5) is 0 Å². The molecule has 0 saturated heterocycles. The molecular weight excluding hydrogens is 388 g/mol. The minimum absolute atomic E-state index is 0.600. The second-order valence-corrected chi connectivity index (χ2v) is 6.44. The van der Waals surface area contributed by atoms with E-state index in [1.807, 2.05) is 48.8 Å². The van der Waals surface area contributed by atoms with E-state index in [-0.39, 0.29) is 0 Å². The topological polar surface area (TPSA) is 95.4 Å². The summed E-state index contributed by atoms with van der Waals surface area (Å²) in [5.74, 6) is 0.600. The van der Waals surface area contributed by atoms with Crippen LogP contribution in [0.25, 0.3) is 33.5 Å². The van der Waals surface area contributed by atoms with Crippen molar-refractivity contribution in [3.8, 4) is 11.4 Å². The standard InChI is InChI=1S/C7H5ClN2.C7H6N2O.C7H6N2/c8-6-2-4-10-7-5(6)1-3-9-7;10-9-5-1-2-6-3-4-8-7(6)9;1-2-6-3-5-9-7(6)8-4-1/h1-4H,(H,9,10);1-5,10H;1-5H,(H,8,9). The van der Waals surface area contributed by atoms with Crippen molar-refractivity contribution in [3.05, 3.63) is 90.7 Å². The van der Waals surface area contributed by atoms with Crippen LogP contribution in [0.5, 0.6) is 0 Å². The summed E-state index contributed by atoms with van der Waals surface area (Å²) in [6.45, 7) is 0. The van der Waals surface area contributed by atoms with Crippen LogP contribution in [-0.2, 0) is 0 Å². The number of aromatic amines is 2. The molecule has 0 bridgehead atoms. The van der Waals surface area contributed by atoms with Gasteiger partial charge in [0, 0.05) is 53.5 Å². The highest BCUT2D eigenvalue weighted by atomic mass is 35.5. The zero-order valence-corrected chi connectivity index (χ0v) is 16.0. The van der Waals surface area contributed by atoms with Crippen LogP contribution in [0, 0.1) is 0 Å². The van der Waals surface area contributed by atoms with E-state index in [1.165, 1.54) is 0 Å². The van der Waals surface area contributed by atoms with Gasteiger partial charge in [0.05, 0.1) is 5.02 Å². The quantitative estimate of drug-likeness (QED) is 0.310. The first-order valence-electron chi connectivity index (χ1n) is 8.79. The molecule has 0 unspecified atom stereocenters. The Bertz CT molecular complexity index is 1270. The average Bonchev–Trinajstić information content (AvgIpc) is 3.49. The number of fused-ring (bicyclic) bond motifs is 3. The molecule has 7 nitrogen and oxygen atoms in total. The maximum Gasteiger partial charge on any atom is 0.175 e. The van der Waals surface area contributed by atoms with Crippen molar-refractivity contribution in [1.29, 1.82) is 0 Å². The average molecular weight is 405 g/mol. The summed E-state index contributed by atoms with van der Waals surface area (Å²) in [6, 6.07) is 15.2. The summed E-state index contributed by atoms with van der Waals surface area (Å²) in [4.78, 5) is 18.1. The SMILES string of the molecule is Clc1ccnc2[nH]ccc12.On1cccc2ccnc1-2.c1cnc2[nH]ccc2c1. The van der Waals surface area contributed by atoms with Gasteiger partial charge in [-0.1, -0.05) is 11.6 Å². The lowest BCUT2D eigenvalue weighted by atomic mass is 10.3. The van der Waals surface area contributed by atoms with Crippen molar-refractivity contribution in [1.82, 2.24) is 29.7 Å². The molecule has 0 aromatic carbocycles. The van der Waals surface area contributed by atoms with Gasteiger partial charge in [0.15, 0.2) is 5.82 Å². The molecule has 29 heavy (non-hydrogen) atoms. The predicted octanol–water partition coefficient (Wildman–Crippen LogP) is 5.00. The van der Waals surface area contributed by atoms with E-state index in [1.54, 1.807) is 36.9 Å². The monoisotopic (exact) mass is 404 g/mol. The van der Waals surface area contributed by atoms with Gasteiger partial charge in [-0.2, -0.15) is 4.73 Å². The molecule has 4 aromatic heterocycles. The van der Waals surface area contributed by atoms with Crippen molar-refractivity contribution in [2.24, 2.45) is 0 Å². The number of pyridine rings is 3. The molecule has 4 aromatic rings. The van der Waals surface area contributed by atoms with Gasteiger partial charge in [0.1, 0.15) is 11.3 Å². The van der Waals surface area contributed by atoms with Crippen molar-refractivity contribution in [2.75, 3.05) is 0 Å². The van der Waals surface area contributed by atoms with Crippen LogP contribution in [0.2, 0.25) is 5.02 Å². The summed E-state index contributed by atoms with van der Waals surface area (Å²) in [7, 11) is 0. The Balaban J connectivity index is 0.000000106. The number of hydrogen-bond acceptors (Lipinski definition) is 4. The van der Waals surface area contributed by atoms with Crippen LogP contribution >= 0.6 is 11.6 Å². The molecule has 6 heterocycles. The fourth-order valence-electron chi connectivity index (χ4n) is 2.77. The molecule has 2 aliphatic rings. The Hall–Kier alpha value is -3.84. The van der Waals surface area contributed by atoms with Crippen LogP contribution in [-0.4, -0.2) is 34.9 Å². The molecule has 6 rings (SSSR count). The Kier molecular flexibility index (Phi) is 5.40. The van der Waals surface area contributed by atoms with E-state index in [9.17, 15) is 0 Å². The summed E-state index contributed by atoms with van der Waals surface area (Å²) in [5, 5.41) is 12.0. The van der Waals surface area contributed by atoms with Crippen LogP contribution in [0.3, 0.4) is 0 Å². The number of rotatable bonds is 0. The summed E-state index contributed by atoms with van der Waals surface area (Å²) in [6.07, 6.45) is 10.4. The molecule has 144 valence electrons. The zero-order chi connectivity index (χ0) is 20.1. The van der Waals surface area contributed by atoms with Crippen LogP contribution in [0.15, 0.2) is 85.7 Å². The highest BCUT2D eigenvalue weighted by molar-refractivity contribution is 6.35. The second-order valence-electron chi connectivity index (χ2n) is 6.03. The molecule has 2 aliphatic heterocycles. The third-order valence-corrected chi connectivity index (χ3v) is 4.49. The first kappa shape index (κ1) is 18.5. The lowest BCUT2D eigenvalue weighted by molar-refractivity contribution is 0.187. The lowest BCUT2D eigenvalue weighted by Crippen LogP contribution is -1.96. The van der Waals surface area contributed by atoms with Crippen molar-refractivity contribution < 1.29 is 5.21 Å². The van der Waals surface area contributed by atoms with E-state index in [2.05, 4.69) is 24.9 Å². The van der Waals surface area contributed by atoms with Gasteiger partial charge < -0.3 is 15.2 Å². The maximum atomic E-state index is 9.11. The van der Waals surface area contributed by atoms with Crippen molar-refractivity contribution in [2.45, 2.75) is 0 Å². The van der Waals surface area contributed by atoms with Crippen LogP contribution in [0.1, 0.15) is 0 Å². The van der Waals surface area contributed by atoms with E-state index < -0.39 is 0 Å². The van der Waals surface area contributed by atoms with Gasteiger partial charge >= 0.3 is 0 Å². The summed E-state index contributed by atoms with van der Waals surface area (Å²) < 4.78 is 1.01. The summed E-state index contributed by atoms with van der Waals surface area (Å²) >= 11 is 5.84. The van der Waals surface area contributed by atoms with Gasteiger partial charge in [0.25, 0.3) is 0 Å². The highest BCUT2D eigenvalue weighted by Gasteiger charge is 2.04. The van der Waals surface area contributed by atoms with E-state index in [4.69, 9.17) is 16.8 Å². The first-order valence-corrected chi connectivity index (χ1v) is 9.17. The Morgan fingerprint density at radius 2 is 1.59 bits per heavy atom. The summed E-state index contributed by atoms with van der Waals surface area (Å²) in [5.41, 5.74) is 2.75. The molecule has 0 amide bonds. The minimum atomic E-state index is 0.600. The van der Waals surface area contributed by atoms with E-state index in [0.29, 0.717) is 5.82 Å². The number of halogens is 1. The number of nitrogens with one attached hydrogen (secondary N) is 2.